The maximum atomic E-state index is 12.0. The van der Waals surface area contributed by atoms with Crippen LogP contribution in [-0.4, -0.2) is 79.8 Å². The summed E-state index contributed by atoms with van der Waals surface area (Å²) in [6.45, 7) is 2.29. The molecule has 0 rings (SSSR count). The fourth-order valence-electron chi connectivity index (χ4n) is 1.82. The summed E-state index contributed by atoms with van der Waals surface area (Å²) in [5, 5.41) is 11.3. The molecule has 132 valence electrons. The molecule has 0 aromatic carbocycles. The van der Waals surface area contributed by atoms with E-state index in [9.17, 15) is 19.2 Å². The summed E-state index contributed by atoms with van der Waals surface area (Å²) in [6.07, 6.45) is -0.866. The molecule has 9 heteroatoms. The molecular weight excluding hydrogens is 308 g/mol. The molecule has 2 unspecified atom stereocenters. The van der Waals surface area contributed by atoms with Gasteiger partial charge < -0.3 is 24.4 Å². The Morgan fingerprint density at radius 1 is 1.09 bits per heavy atom. The molecule has 0 saturated carbocycles. The molecule has 2 atom stereocenters. The van der Waals surface area contributed by atoms with Crippen molar-refractivity contribution in [2.75, 3.05) is 34.3 Å². The first-order valence-corrected chi connectivity index (χ1v) is 7.04. The fraction of sp³-hybridized carbons (Fsp3) is 0.714. The van der Waals surface area contributed by atoms with Gasteiger partial charge >= 0.3 is 17.9 Å². The Kier molecular flexibility index (Phi) is 8.23. The van der Waals surface area contributed by atoms with Gasteiger partial charge in [-0.25, -0.2) is 4.79 Å². The van der Waals surface area contributed by atoms with Crippen LogP contribution in [0.2, 0.25) is 0 Å². The van der Waals surface area contributed by atoms with Gasteiger partial charge in [0.05, 0.1) is 27.6 Å². The Hall–Kier alpha value is -2.16. The highest BCUT2D eigenvalue weighted by atomic mass is 16.5. The van der Waals surface area contributed by atoms with Crippen molar-refractivity contribution in [3.8, 4) is 0 Å². The third-order valence-electron chi connectivity index (χ3n) is 2.58. The maximum absolute atomic E-state index is 12.0. The summed E-state index contributed by atoms with van der Waals surface area (Å²) in [4.78, 5) is 44.9. The van der Waals surface area contributed by atoms with Crippen LogP contribution in [0.3, 0.4) is 0 Å². The summed E-state index contributed by atoms with van der Waals surface area (Å²) in [5.74, 6) is -3.10. The minimum Gasteiger partial charge on any atom is -0.480 e. The fourth-order valence-corrected chi connectivity index (χ4v) is 1.82. The van der Waals surface area contributed by atoms with Crippen LogP contribution in [0.5, 0.6) is 0 Å². The predicted octanol–water partition coefficient (Wildman–Crippen LogP) is -0.853. The summed E-state index contributed by atoms with van der Waals surface area (Å²) in [6, 6.07) is -1.35. The van der Waals surface area contributed by atoms with Crippen molar-refractivity contribution in [1.82, 2.24) is 5.32 Å². The number of amides is 1. The molecule has 0 fully saturated rings. The second kappa shape index (κ2) is 9.09. The SMILES string of the molecule is CC(=O)OCC(NC(=O)CC(C[N+](C)(C)C)OC(C)=O)C(=O)O. The van der Waals surface area contributed by atoms with Gasteiger partial charge in [-0.3, -0.25) is 14.4 Å². The molecule has 2 N–H and O–H groups in total. The molecule has 0 radical (unpaired) electrons. The van der Waals surface area contributed by atoms with Crippen LogP contribution in [0.1, 0.15) is 20.3 Å². The number of nitrogens with one attached hydrogen (secondary N) is 1. The summed E-state index contributed by atoms with van der Waals surface area (Å²) >= 11 is 0. The van der Waals surface area contributed by atoms with Crippen molar-refractivity contribution < 1.29 is 38.2 Å². The number of carboxylic acids is 1. The number of nitrogens with zero attached hydrogens (tertiary/aromatic N) is 1. The van der Waals surface area contributed by atoms with Crippen molar-refractivity contribution in [2.24, 2.45) is 0 Å². The molecule has 23 heavy (non-hydrogen) atoms. The number of likely N-dealkylation sites (N-methyl/N-ethyl adjacent to an activating group) is 1. The molecule has 0 aliphatic heterocycles. The average Bonchev–Trinajstić information content (AvgIpc) is 2.30. The first kappa shape index (κ1) is 20.8. The van der Waals surface area contributed by atoms with Crippen LogP contribution in [0.25, 0.3) is 0 Å². The van der Waals surface area contributed by atoms with Gasteiger partial charge in [-0.1, -0.05) is 0 Å². The number of quaternary nitrogens is 1. The molecule has 0 spiro atoms. The first-order chi connectivity index (χ1) is 10.4. The maximum Gasteiger partial charge on any atom is 0.329 e. The molecule has 0 saturated heterocycles. The van der Waals surface area contributed by atoms with Gasteiger partial charge in [-0.2, -0.15) is 0 Å². The van der Waals surface area contributed by atoms with E-state index in [0.717, 1.165) is 6.92 Å². The lowest BCUT2D eigenvalue weighted by atomic mass is 10.2. The standard InChI is InChI=1S/C14H24N2O7/c1-9(17)22-8-12(14(20)21)15-13(19)6-11(23-10(2)18)7-16(3,4)5/h11-12H,6-8H2,1-5H3,(H-,15,19,20,21)/p+1. The predicted molar refractivity (Wildman–Crippen MR) is 79.3 cm³/mol. The van der Waals surface area contributed by atoms with Crippen LogP contribution in [0, 0.1) is 0 Å². The number of ether oxygens (including phenoxy) is 2. The van der Waals surface area contributed by atoms with E-state index in [1.807, 2.05) is 21.1 Å². The van der Waals surface area contributed by atoms with Gasteiger partial charge in [0, 0.05) is 13.8 Å². The zero-order chi connectivity index (χ0) is 18.2. The van der Waals surface area contributed by atoms with Gasteiger partial charge in [-0.05, 0) is 0 Å². The van der Waals surface area contributed by atoms with Crippen molar-refractivity contribution in [3.63, 3.8) is 0 Å². The molecule has 0 heterocycles. The number of carbonyl (C=O) groups excluding carboxylic acids is 3. The second-order valence-electron chi connectivity index (χ2n) is 6.17. The topological polar surface area (TPSA) is 119 Å². The number of hydrogen-bond donors (Lipinski definition) is 2. The molecule has 9 nitrogen and oxygen atoms in total. The van der Waals surface area contributed by atoms with Gasteiger partial charge in [-0.15, -0.1) is 0 Å². The lowest BCUT2D eigenvalue weighted by Crippen LogP contribution is -2.48. The highest BCUT2D eigenvalue weighted by Crippen LogP contribution is 2.06. The lowest BCUT2D eigenvalue weighted by Gasteiger charge is -2.28. The Labute approximate surface area is 135 Å². The van der Waals surface area contributed by atoms with Gasteiger partial charge in [0.15, 0.2) is 12.1 Å². The van der Waals surface area contributed by atoms with Crippen molar-refractivity contribution in [2.45, 2.75) is 32.4 Å². The Balaban J connectivity index is 4.72. The number of rotatable bonds is 9. The third-order valence-corrected chi connectivity index (χ3v) is 2.58. The van der Waals surface area contributed by atoms with Crippen LogP contribution in [0.4, 0.5) is 0 Å². The number of esters is 2. The number of carboxylic acid groups (broad SMARTS) is 1. The highest BCUT2D eigenvalue weighted by molar-refractivity contribution is 5.84. The van der Waals surface area contributed by atoms with Crippen LogP contribution in [-0.2, 0) is 28.7 Å². The van der Waals surface area contributed by atoms with E-state index in [2.05, 4.69) is 10.1 Å². The molecule has 0 aliphatic rings. The second-order valence-corrected chi connectivity index (χ2v) is 6.17. The van der Waals surface area contributed by atoms with Crippen LogP contribution >= 0.6 is 0 Å². The van der Waals surface area contributed by atoms with E-state index in [-0.39, 0.29) is 6.42 Å². The zero-order valence-electron chi connectivity index (χ0n) is 14.1. The quantitative estimate of drug-likeness (QED) is 0.416. The smallest absolute Gasteiger partial charge is 0.329 e. The summed E-state index contributed by atoms with van der Waals surface area (Å²) in [5.41, 5.74) is 0. The summed E-state index contributed by atoms with van der Waals surface area (Å²) in [7, 11) is 5.61. The summed E-state index contributed by atoms with van der Waals surface area (Å²) < 4.78 is 10.1. The third kappa shape index (κ3) is 11.1. The van der Waals surface area contributed by atoms with Crippen LogP contribution in [0.15, 0.2) is 0 Å². The Bertz CT molecular complexity index is 457. The first-order valence-electron chi connectivity index (χ1n) is 7.04. The molecule has 0 bridgehead atoms. The van der Waals surface area contributed by atoms with Gasteiger partial charge in [0.2, 0.25) is 5.91 Å². The van der Waals surface area contributed by atoms with E-state index >= 15 is 0 Å². The van der Waals surface area contributed by atoms with Crippen LogP contribution < -0.4 is 5.32 Å². The molecule has 1 amide bonds. The number of carbonyl (C=O) groups is 4. The number of hydrogen-bond acceptors (Lipinski definition) is 6. The molecular formula is C14H25N2O7+. The van der Waals surface area contributed by atoms with E-state index < -0.39 is 42.6 Å². The van der Waals surface area contributed by atoms with E-state index in [0.29, 0.717) is 11.0 Å². The van der Waals surface area contributed by atoms with E-state index in [4.69, 9.17) is 9.84 Å². The normalized spacial score (nSPS) is 13.6. The van der Waals surface area contributed by atoms with Gasteiger partial charge in [0.1, 0.15) is 13.2 Å². The molecule has 0 aromatic heterocycles. The highest BCUT2D eigenvalue weighted by Gasteiger charge is 2.27. The van der Waals surface area contributed by atoms with E-state index in [1.165, 1.54) is 6.92 Å². The zero-order valence-corrected chi connectivity index (χ0v) is 14.1. The lowest BCUT2D eigenvalue weighted by molar-refractivity contribution is -0.873. The molecule has 0 aliphatic carbocycles. The van der Waals surface area contributed by atoms with Crippen molar-refractivity contribution in [1.29, 1.82) is 0 Å². The minimum atomic E-state index is -1.35. The largest absolute Gasteiger partial charge is 0.480 e. The molecule has 0 aromatic rings. The van der Waals surface area contributed by atoms with Crippen molar-refractivity contribution in [3.05, 3.63) is 0 Å². The average molecular weight is 333 g/mol. The minimum absolute atomic E-state index is 0.182. The Morgan fingerprint density at radius 3 is 2.04 bits per heavy atom. The van der Waals surface area contributed by atoms with E-state index in [1.54, 1.807) is 0 Å². The van der Waals surface area contributed by atoms with Crippen molar-refractivity contribution >= 4 is 23.8 Å². The van der Waals surface area contributed by atoms with Gasteiger partial charge in [0.25, 0.3) is 0 Å². The monoisotopic (exact) mass is 333 g/mol. The Morgan fingerprint density at radius 2 is 1.65 bits per heavy atom. The number of aliphatic carboxylic acids is 1.